The average molecular weight is 299 g/mol. The molecule has 0 aromatic rings. The molecule has 5 nitrogen and oxygen atoms in total. The van der Waals surface area contributed by atoms with Crippen LogP contribution >= 0.6 is 0 Å². The fraction of sp³-hybridized carbons (Fsp3) is 1.00. The number of hydrogen-bond donors (Lipinski definition) is 1. The van der Waals surface area contributed by atoms with Crippen molar-refractivity contribution in [2.45, 2.75) is 50.5 Å². The number of likely N-dealkylation sites (tertiary alicyclic amines) is 2. The van der Waals surface area contributed by atoms with E-state index in [1.807, 2.05) is 0 Å². The van der Waals surface area contributed by atoms with Crippen molar-refractivity contribution in [2.75, 3.05) is 47.4 Å². The van der Waals surface area contributed by atoms with E-state index in [0.717, 1.165) is 31.5 Å². The lowest BCUT2D eigenvalue weighted by molar-refractivity contribution is -0.134. The van der Waals surface area contributed by atoms with Gasteiger partial charge in [-0.1, -0.05) is 0 Å². The van der Waals surface area contributed by atoms with Crippen LogP contribution in [0.25, 0.3) is 0 Å². The first kappa shape index (κ1) is 17.2. The second-order valence-corrected chi connectivity index (χ2v) is 6.99. The maximum absolute atomic E-state index is 6.13. The predicted octanol–water partition coefficient (Wildman–Crippen LogP) is 1.13. The Bertz CT molecular complexity index is 325. The molecule has 5 heteroatoms. The number of ether oxygens (including phenoxy) is 2. The quantitative estimate of drug-likeness (QED) is 0.745. The van der Waals surface area contributed by atoms with Gasteiger partial charge in [0.2, 0.25) is 0 Å². The highest BCUT2D eigenvalue weighted by Gasteiger charge is 2.41. The van der Waals surface area contributed by atoms with Gasteiger partial charge in [0.15, 0.2) is 6.29 Å². The van der Waals surface area contributed by atoms with Crippen LogP contribution in [0.4, 0.5) is 0 Å². The van der Waals surface area contributed by atoms with Crippen molar-refractivity contribution in [3.8, 4) is 0 Å². The molecule has 0 aromatic carbocycles. The molecule has 2 saturated heterocycles. The molecule has 0 amide bonds. The third-order valence-electron chi connectivity index (χ3n) is 5.68. The van der Waals surface area contributed by atoms with E-state index in [0.29, 0.717) is 6.54 Å². The summed E-state index contributed by atoms with van der Waals surface area (Å²) in [6, 6.07) is 0.762. The highest BCUT2D eigenvalue weighted by Crippen LogP contribution is 2.34. The molecule has 124 valence electrons. The molecular formula is C16H33N3O2. The van der Waals surface area contributed by atoms with E-state index in [1.54, 1.807) is 14.2 Å². The van der Waals surface area contributed by atoms with Crippen LogP contribution in [0.15, 0.2) is 0 Å². The van der Waals surface area contributed by atoms with Crippen LogP contribution in [0.2, 0.25) is 0 Å². The Labute approximate surface area is 129 Å². The van der Waals surface area contributed by atoms with Crippen molar-refractivity contribution in [1.29, 1.82) is 0 Å². The molecule has 0 aromatic heterocycles. The summed E-state index contributed by atoms with van der Waals surface area (Å²) in [6.45, 7) is 6.43. The van der Waals surface area contributed by atoms with Gasteiger partial charge in [-0.3, -0.25) is 4.90 Å². The van der Waals surface area contributed by atoms with Crippen molar-refractivity contribution in [3.05, 3.63) is 0 Å². The van der Waals surface area contributed by atoms with Crippen molar-refractivity contribution < 1.29 is 9.47 Å². The molecule has 0 spiro atoms. The molecular weight excluding hydrogens is 266 g/mol. The number of nitrogens with zero attached hydrogens (tertiary/aromatic N) is 2. The summed E-state index contributed by atoms with van der Waals surface area (Å²) in [5.41, 5.74) is 6.08. The average Bonchev–Trinajstić information content (AvgIpc) is 2.52. The first-order valence-corrected chi connectivity index (χ1v) is 8.25. The van der Waals surface area contributed by atoms with E-state index in [1.165, 1.54) is 25.8 Å². The minimum Gasteiger partial charge on any atom is -0.356 e. The van der Waals surface area contributed by atoms with Gasteiger partial charge in [0.1, 0.15) is 0 Å². The monoisotopic (exact) mass is 299 g/mol. The summed E-state index contributed by atoms with van der Waals surface area (Å²) < 4.78 is 10.8. The Balaban J connectivity index is 2.02. The zero-order valence-corrected chi connectivity index (χ0v) is 14.2. The van der Waals surface area contributed by atoms with Gasteiger partial charge in [0.05, 0.1) is 0 Å². The summed E-state index contributed by atoms with van der Waals surface area (Å²) in [7, 11) is 5.68. The Morgan fingerprint density at radius 1 is 1.24 bits per heavy atom. The largest absolute Gasteiger partial charge is 0.356 e. The number of piperidine rings is 2. The van der Waals surface area contributed by atoms with E-state index >= 15 is 0 Å². The lowest BCUT2D eigenvalue weighted by Crippen LogP contribution is -2.61. The molecule has 2 N–H and O–H groups in total. The topological polar surface area (TPSA) is 51.0 Å². The third kappa shape index (κ3) is 3.77. The van der Waals surface area contributed by atoms with Gasteiger partial charge in [0, 0.05) is 51.9 Å². The predicted molar refractivity (Wildman–Crippen MR) is 85.2 cm³/mol. The molecule has 0 radical (unpaired) electrons. The molecule has 21 heavy (non-hydrogen) atoms. The van der Waals surface area contributed by atoms with E-state index in [2.05, 4.69) is 23.8 Å². The summed E-state index contributed by atoms with van der Waals surface area (Å²) >= 11 is 0. The van der Waals surface area contributed by atoms with Gasteiger partial charge in [-0.2, -0.15) is 0 Å². The van der Waals surface area contributed by atoms with Crippen LogP contribution in [-0.2, 0) is 9.47 Å². The first-order chi connectivity index (χ1) is 10.0. The number of rotatable bonds is 6. The van der Waals surface area contributed by atoms with E-state index in [4.69, 9.17) is 15.2 Å². The molecule has 2 rings (SSSR count). The van der Waals surface area contributed by atoms with Gasteiger partial charge in [0.25, 0.3) is 0 Å². The van der Waals surface area contributed by atoms with Crippen LogP contribution in [-0.4, -0.2) is 75.1 Å². The first-order valence-electron chi connectivity index (χ1n) is 8.25. The summed E-state index contributed by atoms with van der Waals surface area (Å²) in [5.74, 6) is 0.784. The molecule has 2 aliphatic rings. The molecule has 2 fully saturated rings. The maximum atomic E-state index is 6.13. The molecule has 0 bridgehead atoms. The van der Waals surface area contributed by atoms with E-state index < -0.39 is 0 Å². The Morgan fingerprint density at radius 3 is 2.57 bits per heavy atom. The summed E-state index contributed by atoms with van der Waals surface area (Å²) in [6.07, 6.45) is 4.57. The zero-order chi connectivity index (χ0) is 15.5. The number of hydrogen-bond acceptors (Lipinski definition) is 5. The van der Waals surface area contributed by atoms with Crippen molar-refractivity contribution in [3.63, 3.8) is 0 Å². The standard InChI is InChI=1S/C16H33N3O2/c1-16(12-17,10-15(20-3)21-4)19-9-7-14-13(11-19)6-5-8-18(14)2/h13-15H,5-12,17H2,1-4H3. The molecule has 0 aliphatic carbocycles. The van der Waals surface area contributed by atoms with Crippen LogP contribution in [0, 0.1) is 5.92 Å². The minimum atomic E-state index is -0.176. The highest BCUT2D eigenvalue weighted by molar-refractivity contribution is 4.96. The Morgan fingerprint density at radius 2 is 1.95 bits per heavy atom. The highest BCUT2D eigenvalue weighted by atomic mass is 16.7. The van der Waals surface area contributed by atoms with Gasteiger partial charge in [-0.05, 0) is 45.7 Å². The van der Waals surface area contributed by atoms with Crippen molar-refractivity contribution in [2.24, 2.45) is 11.7 Å². The summed E-state index contributed by atoms with van der Waals surface area (Å²) in [5, 5.41) is 0. The molecule has 2 aliphatic heterocycles. The summed E-state index contributed by atoms with van der Waals surface area (Å²) in [4.78, 5) is 5.14. The van der Waals surface area contributed by atoms with Crippen molar-refractivity contribution >= 4 is 0 Å². The molecule has 3 unspecified atom stereocenters. The zero-order valence-electron chi connectivity index (χ0n) is 14.2. The normalized spacial score (nSPS) is 31.1. The Hall–Kier alpha value is -0.200. The van der Waals surface area contributed by atoms with Crippen LogP contribution < -0.4 is 5.73 Å². The van der Waals surface area contributed by atoms with Gasteiger partial charge in [-0.15, -0.1) is 0 Å². The van der Waals surface area contributed by atoms with E-state index in [-0.39, 0.29) is 11.8 Å². The van der Waals surface area contributed by atoms with Gasteiger partial charge >= 0.3 is 0 Å². The van der Waals surface area contributed by atoms with Gasteiger partial charge < -0.3 is 20.1 Å². The third-order valence-corrected chi connectivity index (χ3v) is 5.68. The number of nitrogens with two attached hydrogens (primary N) is 1. The lowest BCUT2D eigenvalue weighted by atomic mass is 9.81. The molecule has 2 heterocycles. The Kier molecular flexibility index (Phi) is 6.03. The van der Waals surface area contributed by atoms with Crippen LogP contribution in [0.5, 0.6) is 0 Å². The fourth-order valence-corrected chi connectivity index (χ4v) is 4.11. The SMILES string of the molecule is COC(CC(C)(CN)N1CCC2C(CCCN2C)C1)OC. The number of methoxy groups -OCH3 is 2. The van der Waals surface area contributed by atoms with E-state index in [9.17, 15) is 0 Å². The number of fused-ring (bicyclic) bond motifs is 1. The van der Waals surface area contributed by atoms with Crippen LogP contribution in [0.3, 0.4) is 0 Å². The van der Waals surface area contributed by atoms with Crippen molar-refractivity contribution in [1.82, 2.24) is 9.80 Å². The maximum Gasteiger partial charge on any atom is 0.158 e. The lowest BCUT2D eigenvalue weighted by Gasteiger charge is -2.51. The minimum absolute atomic E-state index is 0.0440. The molecule has 3 atom stereocenters. The second kappa shape index (κ2) is 7.38. The molecule has 0 saturated carbocycles. The fourth-order valence-electron chi connectivity index (χ4n) is 4.11. The van der Waals surface area contributed by atoms with Gasteiger partial charge in [-0.25, -0.2) is 0 Å². The van der Waals surface area contributed by atoms with Crippen LogP contribution in [0.1, 0.15) is 32.6 Å². The second-order valence-electron chi connectivity index (χ2n) is 6.99. The smallest absolute Gasteiger partial charge is 0.158 e.